The second-order valence-electron chi connectivity index (χ2n) is 5.82. The van der Waals surface area contributed by atoms with E-state index in [-0.39, 0.29) is 17.5 Å². The highest BCUT2D eigenvalue weighted by Crippen LogP contribution is 2.32. The number of carbonyl (C=O) groups excluding carboxylic acids is 1. The molecule has 25 heavy (non-hydrogen) atoms. The number of hydrogen-bond donors (Lipinski definition) is 2. The molecule has 0 saturated heterocycles. The van der Waals surface area contributed by atoms with Crippen LogP contribution in [0.5, 0.6) is 0 Å². The molecule has 7 nitrogen and oxygen atoms in total. The fourth-order valence-corrected chi connectivity index (χ4v) is 2.18. The minimum Gasteiger partial charge on any atom is -0.399 e. The van der Waals surface area contributed by atoms with Gasteiger partial charge in [0.25, 0.3) is 5.69 Å². The summed E-state index contributed by atoms with van der Waals surface area (Å²) in [6, 6.07) is 13.6. The average molecular weight is 342 g/mol. The Morgan fingerprint density at radius 1 is 1.16 bits per heavy atom. The monoisotopic (exact) mass is 342 g/mol. The van der Waals surface area contributed by atoms with Crippen molar-refractivity contribution in [2.24, 2.45) is 5.92 Å². The molecular weight excluding hydrogens is 320 g/mol. The van der Waals surface area contributed by atoms with E-state index in [1.807, 2.05) is 31.3 Å². The zero-order valence-electron chi connectivity index (χ0n) is 14.3. The molecule has 1 saturated carbocycles. The van der Waals surface area contributed by atoms with Gasteiger partial charge in [-0.1, -0.05) is 0 Å². The van der Waals surface area contributed by atoms with Crippen LogP contribution >= 0.6 is 0 Å². The third-order valence-corrected chi connectivity index (χ3v) is 3.90. The maximum Gasteiger partial charge on any atom is 0.269 e. The van der Waals surface area contributed by atoms with Crippen LogP contribution in [-0.2, 0) is 4.79 Å². The van der Waals surface area contributed by atoms with Gasteiger partial charge in [0.2, 0.25) is 5.91 Å². The van der Waals surface area contributed by atoms with Crippen LogP contribution in [0.15, 0.2) is 48.5 Å². The maximum absolute atomic E-state index is 11.7. The highest BCUT2D eigenvalue weighted by molar-refractivity contribution is 5.96. The quantitative estimate of drug-likeness (QED) is 0.504. The second-order valence-corrected chi connectivity index (χ2v) is 5.82. The molecule has 0 aromatic heterocycles. The number of nitrogens with two attached hydrogens (primary N) is 1. The molecule has 132 valence electrons. The predicted octanol–water partition coefficient (Wildman–Crippen LogP) is 3.28. The summed E-state index contributed by atoms with van der Waals surface area (Å²) in [6.07, 6.45) is 2.08. The number of hydrogen-bond acceptors (Lipinski definition) is 5. The summed E-state index contributed by atoms with van der Waals surface area (Å²) in [7, 11) is 3.58. The van der Waals surface area contributed by atoms with E-state index in [0.717, 1.165) is 29.9 Å². The first-order chi connectivity index (χ1) is 11.9. The van der Waals surface area contributed by atoms with Crippen LogP contribution in [0.2, 0.25) is 0 Å². The first-order valence-electron chi connectivity index (χ1n) is 7.97. The topological polar surface area (TPSA) is 102 Å². The van der Waals surface area contributed by atoms with Crippen molar-refractivity contribution in [3.8, 4) is 0 Å². The number of nitrogen functional groups attached to an aromatic ring is 1. The number of carbonyl (C=O) groups is 1. The van der Waals surface area contributed by atoms with E-state index >= 15 is 0 Å². The number of anilines is 3. The number of rotatable bonds is 4. The summed E-state index contributed by atoms with van der Waals surface area (Å²) < 4.78 is 0. The predicted molar refractivity (Wildman–Crippen MR) is 99.6 cm³/mol. The minimum atomic E-state index is -0.417. The van der Waals surface area contributed by atoms with Crippen LogP contribution in [-0.4, -0.2) is 24.9 Å². The Kier molecular flexibility index (Phi) is 5.94. The van der Waals surface area contributed by atoms with Gasteiger partial charge in [-0.15, -0.1) is 0 Å². The van der Waals surface area contributed by atoms with Crippen molar-refractivity contribution in [3.05, 3.63) is 58.6 Å². The van der Waals surface area contributed by atoms with E-state index in [0.29, 0.717) is 0 Å². The maximum atomic E-state index is 11.7. The number of nitrogens with one attached hydrogen (secondary N) is 1. The van der Waals surface area contributed by atoms with E-state index in [1.165, 1.54) is 12.1 Å². The third kappa shape index (κ3) is 5.20. The molecule has 0 heterocycles. The zero-order valence-corrected chi connectivity index (χ0v) is 14.3. The summed E-state index contributed by atoms with van der Waals surface area (Å²) in [5.74, 6) is 0.479. The summed E-state index contributed by atoms with van der Waals surface area (Å²) in [5.41, 5.74) is 8.19. The zero-order chi connectivity index (χ0) is 18.4. The molecule has 1 aliphatic rings. The first-order valence-corrected chi connectivity index (χ1v) is 7.97. The van der Waals surface area contributed by atoms with Gasteiger partial charge in [0.05, 0.1) is 4.92 Å². The summed E-state index contributed by atoms with van der Waals surface area (Å²) in [4.78, 5) is 23.2. The van der Waals surface area contributed by atoms with Gasteiger partial charge in [0.1, 0.15) is 0 Å². The SMILES string of the molecule is CN(C(=O)C1CC1)c1ccc(N)cc1.CNc1ccc([N+](=O)[O-])cc1. The largest absolute Gasteiger partial charge is 0.399 e. The van der Waals surface area contributed by atoms with Crippen molar-refractivity contribution in [2.75, 3.05) is 30.0 Å². The van der Waals surface area contributed by atoms with Gasteiger partial charge < -0.3 is 16.0 Å². The van der Waals surface area contributed by atoms with E-state index in [2.05, 4.69) is 5.32 Å². The van der Waals surface area contributed by atoms with Crippen molar-refractivity contribution in [1.29, 1.82) is 0 Å². The van der Waals surface area contributed by atoms with E-state index in [4.69, 9.17) is 5.73 Å². The lowest BCUT2D eigenvalue weighted by Crippen LogP contribution is -2.27. The molecule has 2 aromatic rings. The highest BCUT2D eigenvalue weighted by atomic mass is 16.6. The minimum absolute atomic E-state index is 0.115. The standard InChI is InChI=1S/C11H14N2O.C7H8N2O2/c1-13(11(14)8-2-3-8)10-6-4-9(12)5-7-10;1-8-6-2-4-7(5-3-6)9(10)11/h4-8H,2-3,12H2,1H3;2-5,8H,1H3. The van der Waals surface area contributed by atoms with Gasteiger partial charge in [-0.05, 0) is 49.2 Å². The third-order valence-electron chi connectivity index (χ3n) is 3.90. The van der Waals surface area contributed by atoms with Gasteiger partial charge in [-0.2, -0.15) is 0 Å². The second kappa shape index (κ2) is 8.14. The van der Waals surface area contributed by atoms with Crippen LogP contribution < -0.4 is 16.0 Å². The fourth-order valence-electron chi connectivity index (χ4n) is 2.18. The molecule has 2 aromatic carbocycles. The van der Waals surface area contributed by atoms with Gasteiger partial charge >= 0.3 is 0 Å². The molecule has 3 N–H and O–H groups in total. The van der Waals surface area contributed by atoms with Crippen LogP contribution in [0.3, 0.4) is 0 Å². The molecule has 1 aliphatic carbocycles. The molecule has 0 radical (unpaired) electrons. The van der Waals surface area contributed by atoms with Crippen molar-refractivity contribution in [2.45, 2.75) is 12.8 Å². The Morgan fingerprint density at radius 2 is 1.72 bits per heavy atom. The van der Waals surface area contributed by atoms with E-state index in [9.17, 15) is 14.9 Å². The lowest BCUT2D eigenvalue weighted by Gasteiger charge is -2.16. The lowest BCUT2D eigenvalue weighted by atomic mass is 10.2. The highest BCUT2D eigenvalue weighted by Gasteiger charge is 2.32. The molecule has 3 rings (SSSR count). The Morgan fingerprint density at radius 3 is 2.16 bits per heavy atom. The molecule has 7 heteroatoms. The van der Waals surface area contributed by atoms with Crippen molar-refractivity contribution >= 4 is 28.7 Å². The Labute approximate surface area is 146 Å². The molecule has 1 amide bonds. The molecule has 0 unspecified atom stereocenters. The number of nitro benzene ring substituents is 1. The van der Waals surface area contributed by atoms with Crippen LogP contribution in [0, 0.1) is 16.0 Å². The van der Waals surface area contributed by atoms with Crippen molar-refractivity contribution < 1.29 is 9.72 Å². The number of nitrogens with zero attached hydrogens (tertiary/aromatic N) is 2. The molecular formula is C18H22N4O3. The van der Waals surface area contributed by atoms with Gasteiger partial charge in [-0.3, -0.25) is 14.9 Å². The smallest absolute Gasteiger partial charge is 0.269 e. The van der Waals surface area contributed by atoms with Crippen molar-refractivity contribution in [3.63, 3.8) is 0 Å². The number of non-ortho nitro benzene ring substituents is 1. The summed E-state index contributed by atoms with van der Waals surface area (Å²) in [6.45, 7) is 0. The van der Waals surface area contributed by atoms with Gasteiger partial charge in [0, 0.05) is 49.2 Å². The molecule has 1 fully saturated rings. The first kappa shape index (κ1) is 18.3. The van der Waals surface area contributed by atoms with E-state index in [1.54, 1.807) is 24.1 Å². The summed E-state index contributed by atoms with van der Waals surface area (Å²) >= 11 is 0. The average Bonchev–Trinajstić information content (AvgIpc) is 3.47. The Hall–Kier alpha value is -3.09. The van der Waals surface area contributed by atoms with Gasteiger partial charge in [-0.25, -0.2) is 0 Å². The normalized spacial score (nSPS) is 12.6. The molecule has 0 spiro atoms. The van der Waals surface area contributed by atoms with Crippen LogP contribution in [0.1, 0.15) is 12.8 Å². The Balaban J connectivity index is 0.000000186. The Bertz CT molecular complexity index is 725. The number of amides is 1. The number of benzene rings is 2. The number of nitro groups is 1. The molecule has 0 aliphatic heterocycles. The van der Waals surface area contributed by atoms with E-state index < -0.39 is 4.92 Å². The fraction of sp³-hybridized carbons (Fsp3) is 0.278. The van der Waals surface area contributed by atoms with Crippen molar-refractivity contribution in [1.82, 2.24) is 0 Å². The van der Waals surface area contributed by atoms with Crippen LogP contribution in [0.25, 0.3) is 0 Å². The summed E-state index contributed by atoms with van der Waals surface area (Å²) in [5, 5.41) is 13.1. The molecule has 0 bridgehead atoms. The van der Waals surface area contributed by atoms with Gasteiger partial charge in [0.15, 0.2) is 0 Å². The van der Waals surface area contributed by atoms with Crippen LogP contribution in [0.4, 0.5) is 22.7 Å². The molecule has 0 atom stereocenters. The lowest BCUT2D eigenvalue weighted by molar-refractivity contribution is -0.384.